The standard InChI is InChI=1S/C13H18ClNO3/c14-11-3-1-2-10(12(11)16)8-15-9-13(17)4-6-18-7-5-13/h1-3,15-17H,4-9H2. The first-order valence-corrected chi connectivity index (χ1v) is 6.46. The van der Waals surface area contributed by atoms with Gasteiger partial charge in [-0.05, 0) is 6.07 Å². The topological polar surface area (TPSA) is 61.7 Å². The summed E-state index contributed by atoms with van der Waals surface area (Å²) in [7, 11) is 0. The number of aromatic hydroxyl groups is 1. The van der Waals surface area contributed by atoms with Gasteiger partial charge in [-0.3, -0.25) is 0 Å². The van der Waals surface area contributed by atoms with Crippen molar-refractivity contribution in [3.8, 4) is 5.75 Å². The van der Waals surface area contributed by atoms with Gasteiger partial charge in [0.05, 0.1) is 10.6 Å². The second kappa shape index (κ2) is 5.89. The van der Waals surface area contributed by atoms with E-state index in [0.29, 0.717) is 44.2 Å². The minimum atomic E-state index is -0.702. The number of hydrogen-bond acceptors (Lipinski definition) is 4. The Morgan fingerprint density at radius 3 is 2.78 bits per heavy atom. The molecule has 5 heteroatoms. The van der Waals surface area contributed by atoms with Gasteiger partial charge in [-0.15, -0.1) is 0 Å². The van der Waals surface area contributed by atoms with Crippen molar-refractivity contribution >= 4 is 11.6 Å². The Kier molecular flexibility index (Phi) is 4.45. The molecule has 4 nitrogen and oxygen atoms in total. The van der Waals surface area contributed by atoms with Crippen LogP contribution in [0.3, 0.4) is 0 Å². The zero-order chi connectivity index (χ0) is 13.0. The molecule has 0 radical (unpaired) electrons. The third kappa shape index (κ3) is 3.36. The van der Waals surface area contributed by atoms with Crippen LogP contribution in [0.15, 0.2) is 18.2 Å². The highest BCUT2D eigenvalue weighted by molar-refractivity contribution is 6.32. The number of phenols is 1. The molecule has 0 bridgehead atoms. The van der Waals surface area contributed by atoms with Gasteiger partial charge in [-0.1, -0.05) is 23.7 Å². The van der Waals surface area contributed by atoms with E-state index in [-0.39, 0.29) is 5.75 Å². The van der Waals surface area contributed by atoms with Gasteiger partial charge in [0.2, 0.25) is 0 Å². The molecule has 1 aliphatic rings. The van der Waals surface area contributed by atoms with Gasteiger partial charge >= 0.3 is 0 Å². The van der Waals surface area contributed by atoms with E-state index in [4.69, 9.17) is 16.3 Å². The summed E-state index contributed by atoms with van der Waals surface area (Å²) in [6.07, 6.45) is 1.28. The second-order valence-electron chi connectivity index (χ2n) is 4.69. The first-order chi connectivity index (χ1) is 8.61. The number of halogens is 1. The van der Waals surface area contributed by atoms with Crippen molar-refractivity contribution in [1.29, 1.82) is 0 Å². The zero-order valence-electron chi connectivity index (χ0n) is 10.2. The molecule has 1 heterocycles. The highest BCUT2D eigenvalue weighted by atomic mass is 35.5. The molecule has 1 aliphatic heterocycles. The van der Waals surface area contributed by atoms with E-state index in [0.717, 1.165) is 5.56 Å². The van der Waals surface area contributed by atoms with Crippen LogP contribution in [0.4, 0.5) is 0 Å². The Hall–Kier alpha value is -0.810. The average molecular weight is 272 g/mol. The molecule has 3 N–H and O–H groups in total. The molecule has 18 heavy (non-hydrogen) atoms. The Morgan fingerprint density at radius 1 is 1.33 bits per heavy atom. The summed E-state index contributed by atoms with van der Waals surface area (Å²) in [6, 6.07) is 5.25. The predicted octanol–water partition coefficient (Wildman–Crippen LogP) is 1.68. The van der Waals surface area contributed by atoms with Gasteiger partial charge in [-0.2, -0.15) is 0 Å². The van der Waals surface area contributed by atoms with Crippen molar-refractivity contribution in [3.63, 3.8) is 0 Å². The number of benzene rings is 1. The molecule has 0 unspecified atom stereocenters. The number of rotatable bonds is 4. The van der Waals surface area contributed by atoms with Crippen LogP contribution >= 0.6 is 11.6 Å². The maximum atomic E-state index is 10.2. The fourth-order valence-electron chi connectivity index (χ4n) is 2.06. The summed E-state index contributed by atoms with van der Waals surface area (Å²) >= 11 is 5.83. The number of phenolic OH excluding ortho intramolecular Hbond substituents is 1. The Balaban J connectivity index is 1.86. The molecule has 1 aromatic rings. The molecule has 0 amide bonds. The molecule has 0 spiro atoms. The molecule has 2 rings (SSSR count). The number of nitrogens with one attached hydrogen (secondary N) is 1. The number of hydrogen-bond donors (Lipinski definition) is 3. The third-order valence-corrected chi connectivity index (χ3v) is 3.57. The predicted molar refractivity (Wildman–Crippen MR) is 69.8 cm³/mol. The lowest BCUT2D eigenvalue weighted by Crippen LogP contribution is -2.44. The fraction of sp³-hybridized carbons (Fsp3) is 0.538. The lowest BCUT2D eigenvalue weighted by Gasteiger charge is -2.32. The summed E-state index contributed by atoms with van der Waals surface area (Å²) in [5.41, 5.74) is 0.0325. The zero-order valence-corrected chi connectivity index (χ0v) is 10.9. The Labute approximate surface area is 112 Å². The smallest absolute Gasteiger partial charge is 0.138 e. The highest BCUT2D eigenvalue weighted by Crippen LogP contribution is 2.27. The van der Waals surface area contributed by atoms with Crippen molar-refractivity contribution in [1.82, 2.24) is 5.32 Å². The molecular formula is C13H18ClNO3. The molecule has 0 aromatic heterocycles. The summed E-state index contributed by atoms with van der Waals surface area (Å²) in [5, 5.41) is 23.5. The third-order valence-electron chi connectivity index (χ3n) is 3.26. The van der Waals surface area contributed by atoms with Crippen LogP contribution in [0.25, 0.3) is 0 Å². The molecule has 0 atom stereocenters. The summed E-state index contributed by atoms with van der Waals surface area (Å²) in [6.45, 7) is 2.17. The fourth-order valence-corrected chi connectivity index (χ4v) is 2.25. The second-order valence-corrected chi connectivity index (χ2v) is 5.10. The van der Waals surface area contributed by atoms with Gasteiger partial charge in [0.15, 0.2) is 0 Å². The first-order valence-electron chi connectivity index (χ1n) is 6.08. The average Bonchev–Trinajstić information content (AvgIpc) is 2.35. The first kappa shape index (κ1) is 13.6. The quantitative estimate of drug-likeness (QED) is 0.780. The molecular weight excluding hydrogens is 254 g/mol. The molecule has 100 valence electrons. The number of para-hydroxylation sites is 1. The number of ether oxygens (including phenoxy) is 1. The van der Waals surface area contributed by atoms with Crippen LogP contribution in [0.5, 0.6) is 5.75 Å². The van der Waals surface area contributed by atoms with Gasteiger partial charge in [0, 0.05) is 44.7 Å². The SMILES string of the molecule is Oc1c(Cl)cccc1CNCC1(O)CCOCC1. The monoisotopic (exact) mass is 271 g/mol. The minimum Gasteiger partial charge on any atom is -0.506 e. The maximum absolute atomic E-state index is 10.2. The Bertz CT molecular complexity index is 405. The van der Waals surface area contributed by atoms with E-state index < -0.39 is 5.60 Å². The molecule has 1 aromatic carbocycles. The van der Waals surface area contributed by atoms with E-state index in [9.17, 15) is 10.2 Å². The molecule has 0 saturated carbocycles. The van der Waals surface area contributed by atoms with Crippen LogP contribution in [0.2, 0.25) is 5.02 Å². The van der Waals surface area contributed by atoms with E-state index in [1.54, 1.807) is 12.1 Å². The summed E-state index contributed by atoms with van der Waals surface area (Å²) in [4.78, 5) is 0. The van der Waals surface area contributed by atoms with E-state index in [2.05, 4.69) is 5.32 Å². The van der Waals surface area contributed by atoms with Crippen molar-refractivity contribution in [3.05, 3.63) is 28.8 Å². The molecule has 1 fully saturated rings. The van der Waals surface area contributed by atoms with Gasteiger partial charge in [0.25, 0.3) is 0 Å². The minimum absolute atomic E-state index is 0.102. The van der Waals surface area contributed by atoms with Gasteiger partial charge in [0.1, 0.15) is 5.75 Å². The van der Waals surface area contributed by atoms with Crippen LogP contribution < -0.4 is 5.32 Å². The normalized spacial score (nSPS) is 18.8. The van der Waals surface area contributed by atoms with Crippen molar-refractivity contribution in [2.45, 2.75) is 25.0 Å². The summed E-state index contributed by atoms with van der Waals surface area (Å²) < 4.78 is 5.22. The Morgan fingerprint density at radius 2 is 2.06 bits per heavy atom. The van der Waals surface area contributed by atoms with E-state index in [1.807, 2.05) is 6.07 Å². The van der Waals surface area contributed by atoms with Crippen molar-refractivity contribution < 1.29 is 14.9 Å². The van der Waals surface area contributed by atoms with Crippen LogP contribution in [0.1, 0.15) is 18.4 Å². The number of aliphatic hydroxyl groups is 1. The van der Waals surface area contributed by atoms with E-state index in [1.165, 1.54) is 0 Å². The molecule has 1 saturated heterocycles. The van der Waals surface area contributed by atoms with E-state index >= 15 is 0 Å². The lowest BCUT2D eigenvalue weighted by atomic mass is 9.94. The molecule has 0 aliphatic carbocycles. The summed E-state index contributed by atoms with van der Waals surface area (Å²) in [5.74, 6) is 0.102. The van der Waals surface area contributed by atoms with Gasteiger partial charge in [-0.25, -0.2) is 0 Å². The highest BCUT2D eigenvalue weighted by Gasteiger charge is 2.29. The van der Waals surface area contributed by atoms with Gasteiger partial charge < -0.3 is 20.3 Å². The van der Waals surface area contributed by atoms with Crippen LogP contribution in [-0.4, -0.2) is 35.6 Å². The van der Waals surface area contributed by atoms with Crippen LogP contribution in [-0.2, 0) is 11.3 Å². The largest absolute Gasteiger partial charge is 0.506 e. The maximum Gasteiger partial charge on any atom is 0.138 e. The van der Waals surface area contributed by atoms with Crippen molar-refractivity contribution in [2.24, 2.45) is 0 Å². The van der Waals surface area contributed by atoms with Crippen molar-refractivity contribution in [2.75, 3.05) is 19.8 Å². The lowest BCUT2D eigenvalue weighted by molar-refractivity contribution is -0.0617. The van der Waals surface area contributed by atoms with Crippen LogP contribution in [0, 0.1) is 0 Å².